The Hall–Kier alpha value is -1.36. The predicted octanol–water partition coefficient (Wildman–Crippen LogP) is 2.91. The third kappa shape index (κ3) is 4.82. The van der Waals surface area contributed by atoms with Crippen LogP contribution in [0.15, 0.2) is 12.4 Å². The van der Waals surface area contributed by atoms with Gasteiger partial charge in [0.1, 0.15) is 0 Å². The summed E-state index contributed by atoms with van der Waals surface area (Å²) in [4.78, 5) is 17.2. The van der Waals surface area contributed by atoms with Crippen molar-refractivity contribution in [3.05, 3.63) is 18.0 Å². The number of hydrogen-bond donors (Lipinski definition) is 0. The first kappa shape index (κ1) is 17.5. The highest BCUT2D eigenvalue weighted by Crippen LogP contribution is 2.27. The van der Waals surface area contributed by atoms with Crippen molar-refractivity contribution in [2.75, 3.05) is 26.2 Å². The maximum Gasteiger partial charge on any atom is 0.222 e. The second-order valence-electron chi connectivity index (χ2n) is 7.42. The van der Waals surface area contributed by atoms with E-state index in [1.165, 1.54) is 37.7 Å². The molecule has 0 unspecified atom stereocenters. The minimum atomic E-state index is 0.391. The van der Waals surface area contributed by atoms with Gasteiger partial charge in [-0.1, -0.05) is 19.3 Å². The fourth-order valence-corrected chi connectivity index (χ4v) is 4.06. The summed E-state index contributed by atoms with van der Waals surface area (Å²) in [7, 11) is 0. The fourth-order valence-electron chi connectivity index (χ4n) is 4.06. The number of aromatic nitrogens is 2. The van der Waals surface area contributed by atoms with Crippen LogP contribution in [0.25, 0.3) is 0 Å². The Kier molecular flexibility index (Phi) is 6.30. The summed E-state index contributed by atoms with van der Waals surface area (Å²) in [5.74, 6) is 1.04. The molecule has 1 aromatic rings. The van der Waals surface area contributed by atoms with Crippen LogP contribution in [0.4, 0.5) is 0 Å². The molecule has 1 aliphatic heterocycles. The average Bonchev–Trinajstić information content (AvgIpc) is 2.92. The first-order valence-corrected chi connectivity index (χ1v) is 9.76. The molecule has 134 valence electrons. The highest BCUT2D eigenvalue weighted by molar-refractivity contribution is 5.76. The first-order chi connectivity index (χ1) is 11.7. The quantitative estimate of drug-likeness (QED) is 0.832. The second-order valence-corrected chi connectivity index (χ2v) is 7.42. The van der Waals surface area contributed by atoms with Gasteiger partial charge in [0.15, 0.2) is 0 Å². The molecule has 1 aromatic heterocycles. The van der Waals surface area contributed by atoms with Gasteiger partial charge in [-0.3, -0.25) is 14.4 Å². The summed E-state index contributed by atoms with van der Waals surface area (Å²) in [6.45, 7) is 7.84. The van der Waals surface area contributed by atoms with E-state index in [0.717, 1.165) is 52.1 Å². The number of aryl methyl sites for hydroxylation is 1. The monoisotopic (exact) mass is 332 g/mol. The lowest BCUT2D eigenvalue weighted by atomic mass is 9.86. The highest BCUT2D eigenvalue weighted by atomic mass is 16.2. The summed E-state index contributed by atoms with van der Waals surface area (Å²) in [5.41, 5.74) is 1.28. The van der Waals surface area contributed by atoms with Crippen molar-refractivity contribution in [3.8, 4) is 0 Å². The van der Waals surface area contributed by atoms with E-state index in [2.05, 4.69) is 28.0 Å². The summed E-state index contributed by atoms with van der Waals surface area (Å²) in [5, 5.41) is 4.36. The van der Waals surface area contributed by atoms with Gasteiger partial charge in [-0.2, -0.15) is 5.10 Å². The minimum absolute atomic E-state index is 0.391. The fraction of sp³-hybridized carbons (Fsp3) is 0.789. The van der Waals surface area contributed by atoms with Crippen LogP contribution in [0, 0.1) is 5.92 Å². The lowest BCUT2D eigenvalue weighted by molar-refractivity contribution is -0.132. The molecule has 0 spiro atoms. The highest BCUT2D eigenvalue weighted by Gasteiger charge is 2.23. The third-order valence-electron chi connectivity index (χ3n) is 5.55. The molecule has 3 rings (SSSR count). The molecule has 2 fully saturated rings. The first-order valence-electron chi connectivity index (χ1n) is 9.76. The average molecular weight is 332 g/mol. The lowest BCUT2D eigenvalue weighted by Gasteiger charge is -2.26. The third-order valence-corrected chi connectivity index (χ3v) is 5.55. The second kappa shape index (κ2) is 8.65. The maximum absolute atomic E-state index is 12.6. The van der Waals surface area contributed by atoms with Crippen LogP contribution in [-0.2, 0) is 17.9 Å². The minimum Gasteiger partial charge on any atom is -0.341 e. The predicted molar refractivity (Wildman–Crippen MR) is 95.6 cm³/mol. The van der Waals surface area contributed by atoms with Gasteiger partial charge in [0.25, 0.3) is 0 Å². The topological polar surface area (TPSA) is 41.4 Å². The SMILES string of the molecule is CCn1cc(CN2CCCN(C(=O)CC3CCCCC3)CC2)cn1. The Morgan fingerprint density at radius 1 is 1.12 bits per heavy atom. The van der Waals surface area contributed by atoms with E-state index in [0.29, 0.717) is 11.8 Å². The standard InChI is InChI=1S/C19H32N4O/c1-2-23-16-18(14-20-23)15-21-9-6-10-22(12-11-21)19(24)13-17-7-4-3-5-8-17/h14,16-17H,2-13,15H2,1H3. The number of amides is 1. The summed E-state index contributed by atoms with van der Waals surface area (Å²) >= 11 is 0. The van der Waals surface area contributed by atoms with Gasteiger partial charge < -0.3 is 4.90 Å². The van der Waals surface area contributed by atoms with E-state index >= 15 is 0 Å². The molecular weight excluding hydrogens is 300 g/mol. The van der Waals surface area contributed by atoms with E-state index < -0.39 is 0 Å². The van der Waals surface area contributed by atoms with E-state index in [9.17, 15) is 4.79 Å². The van der Waals surface area contributed by atoms with Gasteiger partial charge in [0, 0.05) is 57.4 Å². The van der Waals surface area contributed by atoms with Crippen molar-refractivity contribution in [1.29, 1.82) is 0 Å². The van der Waals surface area contributed by atoms with E-state index in [1.807, 2.05) is 10.9 Å². The van der Waals surface area contributed by atoms with Gasteiger partial charge in [-0.25, -0.2) is 0 Å². The molecule has 24 heavy (non-hydrogen) atoms. The summed E-state index contributed by atoms with van der Waals surface area (Å²) in [6, 6.07) is 0. The molecule has 0 atom stereocenters. The Balaban J connectivity index is 1.46. The van der Waals surface area contributed by atoms with Crippen molar-refractivity contribution < 1.29 is 4.79 Å². The molecular formula is C19H32N4O. The van der Waals surface area contributed by atoms with Crippen LogP contribution in [0.2, 0.25) is 0 Å². The Morgan fingerprint density at radius 3 is 2.71 bits per heavy atom. The molecule has 0 aromatic carbocycles. The van der Waals surface area contributed by atoms with Crippen LogP contribution in [0.5, 0.6) is 0 Å². The smallest absolute Gasteiger partial charge is 0.222 e. The van der Waals surface area contributed by atoms with Crippen molar-refractivity contribution in [3.63, 3.8) is 0 Å². The van der Waals surface area contributed by atoms with Gasteiger partial charge in [-0.15, -0.1) is 0 Å². The zero-order valence-electron chi connectivity index (χ0n) is 15.1. The lowest BCUT2D eigenvalue weighted by Crippen LogP contribution is -2.36. The molecule has 2 aliphatic rings. The number of nitrogens with zero attached hydrogens (tertiary/aromatic N) is 4. The number of carbonyl (C=O) groups is 1. The normalized spacial score (nSPS) is 21.0. The van der Waals surface area contributed by atoms with Gasteiger partial charge in [-0.05, 0) is 32.1 Å². The largest absolute Gasteiger partial charge is 0.341 e. The molecule has 0 bridgehead atoms. The van der Waals surface area contributed by atoms with Gasteiger partial charge in [0.2, 0.25) is 5.91 Å². The molecule has 0 N–H and O–H groups in total. The van der Waals surface area contributed by atoms with E-state index in [4.69, 9.17) is 0 Å². The molecule has 1 aliphatic carbocycles. The van der Waals surface area contributed by atoms with Crippen LogP contribution in [-0.4, -0.2) is 51.7 Å². The summed E-state index contributed by atoms with van der Waals surface area (Å²) in [6.07, 6.45) is 12.5. The van der Waals surface area contributed by atoms with Gasteiger partial charge in [0.05, 0.1) is 6.20 Å². The van der Waals surface area contributed by atoms with Crippen molar-refractivity contribution in [2.45, 2.75) is 65.0 Å². The number of rotatable bonds is 5. The van der Waals surface area contributed by atoms with Crippen molar-refractivity contribution in [2.24, 2.45) is 5.92 Å². The van der Waals surface area contributed by atoms with E-state index in [-0.39, 0.29) is 0 Å². The maximum atomic E-state index is 12.6. The Bertz CT molecular complexity index is 521. The van der Waals surface area contributed by atoms with Crippen molar-refractivity contribution >= 4 is 5.91 Å². The summed E-state index contributed by atoms with van der Waals surface area (Å²) < 4.78 is 1.98. The molecule has 1 amide bonds. The Morgan fingerprint density at radius 2 is 1.96 bits per heavy atom. The molecule has 5 heteroatoms. The van der Waals surface area contributed by atoms with E-state index in [1.54, 1.807) is 0 Å². The zero-order chi connectivity index (χ0) is 16.8. The number of hydrogen-bond acceptors (Lipinski definition) is 3. The molecule has 5 nitrogen and oxygen atoms in total. The molecule has 2 heterocycles. The van der Waals surface area contributed by atoms with Crippen LogP contribution < -0.4 is 0 Å². The number of carbonyl (C=O) groups excluding carboxylic acids is 1. The van der Waals surface area contributed by atoms with Gasteiger partial charge >= 0.3 is 0 Å². The van der Waals surface area contributed by atoms with Crippen LogP contribution in [0.1, 0.15) is 57.4 Å². The zero-order valence-corrected chi connectivity index (χ0v) is 15.1. The Labute approximate surface area is 146 Å². The van der Waals surface area contributed by atoms with Crippen LogP contribution in [0.3, 0.4) is 0 Å². The molecule has 0 radical (unpaired) electrons. The molecule has 1 saturated carbocycles. The van der Waals surface area contributed by atoms with Crippen molar-refractivity contribution in [1.82, 2.24) is 19.6 Å². The molecule has 1 saturated heterocycles. The van der Waals surface area contributed by atoms with Crippen LogP contribution >= 0.6 is 0 Å².